The largest absolute Gasteiger partial charge is 0.309 e. The van der Waals surface area contributed by atoms with Gasteiger partial charge in [0.1, 0.15) is 6.54 Å². The van der Waals surface area contributed by atoms with Gasteiger partial charge in [0.25, 0.3) is 11.8 Å². The summed E-state index contributed by atoms with van der Waals surface area (Å²) in [4.78, 5) is 48.2. The fourth-order valence-corrected chi connectivity index (χ4v) is 4.85. The zero-order valence-corrected chi connectivity index (χ0v) is 19.5. The molecule has 3 aromatic rings. The lowest BCUT2D eigenvalue weighted by Crippen LogP contribution is -2.43. The Kier molecular flexibility index (Phi) is 6.08. The van der Waals surface area contributed by atoms with Gasteiger partial charge < -0.3 is 4.90 Å². The van der Waals surface area contributed by atoms with Crippen molar-refractivity contribution in [2.45, 2.75) is 20.3 Å². The van der Waals surface area contributed by atoms with Crippen LogP contribution in [0.5, 0.6) is 0 Å². The van der Waals surface area contributed by atoms with Gasteiger partial charge >= 0.3 is 0 Å². The van der Waals surface area contributed by atoms with Crippen molar-refractivity contribution in [3.8, 4) is 0 Å². The molecule has 0 saturated heterocycles. The maximum absolute atomic E-state index is 13.4. The van der Waals surface area contributed by atoms with Crippen LogP contribution < -0.4 is 4.90 Å². The summed E-state index contributed by atoms with van der Waals surface area (Å²) in [5.74, 6) is -1.17. The van der Waals surface area contributed by atoms with E-state index in [1.807, 2.05) is 27.1 Å². The first-order valence-corrected chi connectivity index (χ1v) is 11.4. The molecule has 1 aromatic heterocycles. The Hall–Kier alpha value is -3.10. The smallest absolute Gasteiger partial charge is 0.262 e. The van der Waals surface area contributed by atoms with Crippen LogP contribution in [0.3, 0.4) is 0 Å². The van der Waals surface area contributed by atoms with E-state index in [2.05, 4.69) is 17.9 Å². The van der Waals surface area contributed by atoms with Crippen LogP contribution in [0.15, 0.2) is 36.4 Å². The second-order valence-corrected chi connectivity index (χ2v) is 9.35. The molecule has 0 spiro atoms. The van der Waals surface area contributed by atoms with Crippen molar-refractivity contribution >= 4 is 44.4 Å². The van der Waals surface area contributed by atoms with Gasteiger partial charge in [0.2, 0.25) is 5.91 Å². The fourth-order valence-electron chi connectivity index (χ4n) is 3.76. The SMILES string of the molecule is Cc1cc2nc(N(CCCN(C)C)C(=O)CN3C(=O)c4ccccc4C3=O)sc2cc1C. The third-order valence-corrected chi connectivity index (χ3v) is 6.72. The molecule has 0 fully saturated rings. The van der Waals surface area contributed by atoms with Crippen LogP contribution in [-0.4, -0.2) is 66.2 Å². The number of thiazole rings is 1. The Balaban J connectivity index is 1.61. The minimum absolute atomic E-state index is 0.303. The molecule has 4 rings (SSSR count). The van der Waals surface area contributed by atoms with Gasteiger partial charge in [-0.25, -0.2) is 4.98 Å². The number of carbonyl (C=O) groups is 3. The standard InChI is InChI=1S/C24H26N4O3S/c1-15-12-19-20(13-16(15)2)32-24(25-19)27(11-7-10-26(3)4)21(29)14-28-22(30)17-8-5-6-9-18(17)23(28)31/h5-6,8-9,12-13H,7,10-11,14H2,1-4H3. The number of amides is 3. The maximum atomic E-state index is 13.4. The van der Waals surface area contributed by atoms with Gasteiger partial charge in [-0.1, -0.05) is 23.5 Å². The molecule has 32 heavy (non-hydrogen) atoms. The zero-order valence-electron chi connectivity index (χ0n) is 18.7. The molecule has 2 aromatic carbocycles. The molecule has 2 heterocycles. The first kappa shape index (κ1) is 22.1. The third-order valence-electron chi connectivity index (χ3n) is 5.68. The highest BCUT2D eigenvalue weighted by atomic mass is 32.1. The van der Waals surface area contributed by atoms with Crippen molar-refractivity contribution in [3.05, 3.63) is 58.7 Å². The van der Waals surface area contributed by atoms with E-state index in [1.54, 1.807) is 29.2 Å². The first-order valence-electron chi connectivity index (χ1n) is 10.5. The summed E-state index contributed by atoms with van der Waals surface area (Å²) in [5.41, 5.74) is 3.85. The third kappa shape index (κ3) is 4.16. The number of hydrogen-bond acceptors (Lipinski definition) is 6. The van der Waals surface area contributed by atoms with Gasteiger partial charge in [-0.2, -0.15) is 0 Å². The number of anilines is 1. The summed E-state index contributed by atoms with van der Waals surface area (Å²) in [6.45, 7) is 5.05. The lowest BCUT2D eigenvalue weighted by Gasteiger charge is -2.23. The van der Waals surface area contributed by atoms with Gasteiger partial charge in [-0.3, -0.25) is 24.2 Å². The van der Waals surface area contributed by atoms with Crippen molar-refractivity contribution in [1.29, 1.82) is 0 Å². The molecule has 0 N–H and O–H groups in total. The average molecular weight is 451 g/mol. The number of carbonyl (C=O) groups excluding carboxylic acids is 3. The summed E-state index contributed by atoms with van der Waals surface area (Å²) >= 11 is 1.45. The number of nitrogens with zero attached hydrogens (tertiary/aromatic N) is 4. The maximum Gasteiger partial charge on any atom is 0.262 e. The first-order chi connectivity index (χ1) is 15.3. The van der Waals surface area contributed by atoms with E-state index in [9.17, 15) is 14.4 Å². The van der Waals surface area contributed by atoms with E-state index < -0.39 is 11.8 Å². The predicted molar refractivity (Wildman–Crippen MR) is 126 cm³/mol. The fraction of sp³-hybridized carbons (Fsp3) is 0.333. The highest BCUT2D eigenvalue weighted by Gasteiger charge is 2.37. The second kappa shape index (κ2) is 8.80. The highest BCUT2D eigenvalue weighted by Crippen LogP contribution is 2.31. The van der Waals surface area contributed by atoms with Crippen molar-refractivity contribution in [2.75, 3.05) is 38.6 Å². The Morgan fingerprint density at radius 2 is 1.62 bits per heavy atom. The van der Waals surface area contributed by atoms with Crippen LogP contribution >= 0.6 is 11.3 Å². The molecule has 0 unspecified atom stereocenters. The van der Waals surface area contributed by atoms with Gasteiger partial charge in [0.15, 0.2) is 5.13 Å². The number of hydrogen-bond donors (Lipinski definition) is 0. The number of fused-ring (bicyclic) bond motifs is 2. The molecular formula is C24H26N4O3S. The van der Waals surface area contributed by atoms with E-state index >= 15 is 0 Å². The van der Waals surface area contributed by atoms with Crippen LogP contribution in [-0.2, 0) is 4.79 Å². The average Bonchev–Trinajstić information content (AvgIpc) is 3.25. The Morgan fingerprint density at radius 3 is 2.25 bits per heavy atom. The van der Waals surface area contributed by atoms with Crippen molar-refractivity contribution in [2.24, 2.45) is 0 Å². The Labute approximate surface area is 191 Å². The summed E-state index contributed by atoms with van der Waals surface area (Å²) in [6.07, 6.45) is 0.745. The van der Waals surface area contributed by atoms with Crippen LogP contribution in [0.4, 0.5) is 5.13 Å². The quantitative estimate of drug-likeness (QED) is 0.515. The number of rotatable bonds is 7. The van der Waals surface area contributed by atoms with Crippen molar-refractivity contribution < 1.29 is 14.4 Å². The second-order valence-electron chi connectivity index (χ2n) is 8.34. The molecule has 0 bridgehead atoms. The highest BCUT2D eigenvalue weighted by molar-refractivity contribution is 7.22. The van der Waals surface area contributed by atoms with Crippen LogP contribution in [0.1, 0.15) is 38.3 Å². The number of aromatic nitrogens is 1. The Morgan fingerprint density at radius 1 is 1.00 bits per heavy atom. The van der Waals surface area contributed by atoms with Gasteiger partial charge in [-0.05, 0) is 76.3 Å². The molecule has 8 heteroatoms. The molecule has 3 amide bonds. The molecule has 0 atom stereocenters. The lowest BCUT2D eigenvalue weighted by atomic mass is 10.1. The van der Waals surface area contributed by atoms with Gasteiger partial charge in [0.05, 0.1) is 21.3 Å². The molecule has 0 saturated carbocycles. The van der Waals surface area contributed by atoms with Crippen LogP contribution in [0.2, 0.25) is 0 Å². The van der Waals surface area contributed by atoms with E-state index in [1.165, 1.54) is 16.9 Å². The number of benzene rings is 2. The molecular weight excluding hydrogens is 424 g/mol. The predicted octanol–water partition coefficient (Wildman–Crippen LogP) is 3.49. The summed E-state index contributed by atoms with van der Waals surface area (Å²) < 4.78 is 1.01. The molecule has 166 valence electrons. The van der Waals surface area contributed by atoms with E-state index in [0.717, 1.165) is 33.6 Å². The van der Waals surface area contributed by atoms with E-state index in [0.29, 0.717) is 22.8 Å². The normalized spacial score (nSPS) is 13.3. The monoisotopic (exact) mass is 450 g/mol. The van der Waals surface area contributed by atoms with Crippen molar-refractivity contribution in [3.63, 3.8) is 0 Å². The Bertz CT molecular complexity index is 1140. The van der Waals surface area contributed by atoms with E-state index in [4.69, 9.17) is 4.98 Å². The summed E-state index contributed by atoms with van der Waals surface area (Å²) in [5, 5.41) is 0.588. The lowest BCUT2D eigenvalue weighted by molar-refractivity contribution is -0.119. The minimum atomic E-state index is -0.428. The molecule has 1 aliphatic rings. The number of imide groups is 1. The van der Waals surface area contributed by atoms with Crippen LogP contribution in [0, 0.1) is 13.8 Å². The van der Waals surface area contributed by atoms with Gasteiger partial charge in [-0.15, -0.1) is 0 Å². The van der Waals surface area contributed by atoms with Gasteiger partial charge in [0, 0.05) is 6.54 Å². The van der Waals surface area contributed by atoms with E-state index in [-0.39, 0.29) is 12.5 Å². The molecule has 0 aliphatic carbocycles. The molecule has 7 nitrogen and oxygen atoms in total. The van der Waals surface area contributed by atoms with Crippen molar-refractivity contribution in [1.82, 2.24) is 14.8 Å². The summed E-state index contributed by atoms with van der Waals surface area (Å²) in [7, 11) is 3.96. The minimum Gasteiger partial charge on any atom is -0.309 e. The topological polar surface area (TPSA) is 73.8 Å². The molecule has 0 radical (unpaired) electrons. The number of aryl methyl sites for hydroxylation is 2. The molecule has 1 aliphatic heterocycles. The summed E-state index contributed by atoms with van der Waals surface area (Å²) in [6, 6.07) is 10.8. The van der Waals surface area contributed by atoms with Crippen LogP contribution in [0.25, 0.3) is 10.2 Å². The zero-order chi connectivity index (χ0) is 23.0.